The van der Waals surface area contributed by atoms with Crippen LogP contribution in [0.5, 0.6) is 5.75 Å². The van der Waals surface area contributed by atoms with Gasteiger partial charge in [0.05, 0.1) is 18.3 Å². The minimum absolute atomic E-state index is 0.189. The number of aryl methyl sites for hydroxylation is 1. The number of carbonyl (C=O) groups is 1. The number of aromatic nitrogens is 4. The van der Waals surface area contributed by atoms with Crippen LogP contribution in [0, 0.1) is 6.92 Å². The molecule has 8 nitrogen and oxygen atoms in total. The molecule has 1 heterocycles. The van der Waals surface area contributed by atoms with Gasteiger partial charge < -0.3 is 14.8 Å². The highest BCUT2D eigenvalue weighted by molar-refractivity contribution is 6.33. The van der Waals surface area contributed by atoms with Crippen LogP contribution in [-0.4, -0.2) is 46.1 Å². The maximum atomic E-state index is 12.2. The van der Waals surface area contributed by atoms with Crippen molar-refractivity contribution in [2.24, 2.45) is 0 Å². The Kier molecular flexibility index (Phi) is 6.23. The number of benzene rings is 2. The van der Waals surface area contributed by atoms with Crippen LogP contribution in [0.1, 0.15) is 12.5 Å². The molecule has 0 aliphatic rings. The van der Waals surface area contributed by atoms with Gasteiger partial charge in [-0.15, -0.1) is 5.10 Å². The average Bonchev–Trinajstić information content (AvgIpc) is 3.16. The first-order chi connectivity index (χ1) is 13.5. The molecule has 0 saturated carbocycles. The molecule has 0 spiro atoms. The second-order valence-electron chi connectivity index (χ2n) is 6.34. The molecule has 0 saturated heterocycles. The highest BCUT2D eigenvalue weighted by Gasteiger charge is 2.14. The summed E-state index contributed by atoms with van der Waals surface area (Å²) in [7, 11) is 1.57. The molecule has 28 heavy (non-hydrogen) atoms. The Bertz CT molecular complexity index is 962. The number of tetrazole rings is 1. The summed E-state index contributed by atoms with van der Waals surface area (Å²) in [5.74, 6) is 0.335. The van der Waals surface area contributed by atoms with Crippen molar-refractivity contribution in [2.75, 3.05) is 13.7 Å². The van der Waals surface area contributed by atoms with Crippen LogP contribution in [0.4, 0.5) is 4.79 Å². The van der Waals surface area contributed by atoms with Crippen molar-refractivity contribution in [3.63, 3.8) is 0 Å². The van der Waals surface area contributed by atoms with Crippen LogP contribution in [0.25, 0.3) is 16.8 Å². The first-order valence-electron chi connectivity index (χ1n) is 8.58. The lowest BCUT2D eigenvalue weighted by molar-refractivity contribution is 0.159. The summed E-state index contributed by atoms with van der Waals surface area (Å²) in [5.41, 5.74) is 3.26. The van der Waals surface area contributed by atoms with E-state index in [1.165, 1.54) is 11.0 Å². The Morgan fingerprint density at radius 3 is 2.79 bits per heavy atom. The van der Waals surface area contributed by atoms with Gasteiger partial charge in [-0.05, 0) is 53.6 Å². The smallest absolute Gasteiger partial charge is 0.410 e. The van der Waals surface area contributed by atoms with E-state index in [0.717, 1.165) is 16.7 Å². The normalized spacial score (nSPS) is 11.9. The van der Waals surface area contributed by atoms with Crippen LogP contribution in [0.2, 0.25) is 5.02 Å². The van der Waals surface area contributed by atoms with Crippen LogP contribution in [0.3, 0.4) is 0 Å². The Labute approximate surface area is 167 Å². The molecule has 3 aromatic rings. The van der Waals surface area contributed by atoms with Gasteiger partial charge in [0.2, 0.25) is 0 Å². The molecule has 1 N–H and O–H groups in total. The second kappa shape index (κ2) is 8.81. The first kappa shape index (κ1) is 19.8. The zero-order valence-corrected chi connectivity index (χ0v) is 16.5. The number of nitrogens with one attached hydrogen (secondary N) is 1. The SMILES string of the molecule is COCC(C)NC(=O)Oc1cc(-c2ccc(C)cc2Cl)cc(-n2cnnn2)c1. The molecule has 0 bridgehead atoms. The number of nitrogens with zero attached hydrogens (tertiary/aromatic N) is 4. The third kappa shape index (κ3) is 4.85. The fraction of sp³-hybridized carbons (Fsp3) is 0.263. The number of methoxy groups -OCH3 is 1. The number of rotatable bonds is 6. The van der Waals surface area contributed by atoms with E-state index >= 15 is 0 Å². The van der Waals surface area contributed by atoms with Crippen LogP contribution in [0.15, 0.2) is 42.7 Å². The number of carbonyl (C=O) groups excluding carboxylic acids is 1. The summed E-state index contributed by atoms with van der Waals surface area (Å²) >= 11 is 6.42. The quantitative estimate of drug-likeness (QED) is 0.680. The lowest BCUT2D eigenvalue weighted by Crippen LogP contribution is -2.37. The average molecular weight is 402 g/mol. The third-order valence-corrected chi connectivity index (χ3v) is 4.24. The molecule has 1 atom stereocenters. The Balaban J connectivity index is 1.95. The number of halogens is 1. The number of hydrogen-bond donors (Lipinski definition) is 1. The van der Waals surface area contributed by atoms with Gasteiger partial charge in [0.1, 0.15) is 12.1 Å². The Hall–Kier alpha value is -2.97. The van der Waals surface area contributed by atoms with Crippen molar-refractivity contribution in [2.45, 2.75) is 19.9 Å². The standard InChI is InChI=1S/C19H20ClN5O3/c1-12-4-5-17(18(20)6-12)14-7-15(25-11-21-23-24-25)9-16(8-14)28-19(26)22-13(2)10-27-3/h4-9,11,13H,10H2,1-3H3,(H,22,26). The topological polar surface area (TPSA) is 91.2 Å². The van der Waals surface area contributed by atoms with E-state index in [1.54, 1.807) is 19.2 Å². The van der Waals surface area contributed by atoms with Crippen molar-refractivity contribution in [1.82, 2.24) is 25.5 Å². The van der Waals surface area contributed by atoms with Crippen molar-refractivity contribution >= 4 is 17.7 Å². The van der Waals surface area contributed by atoms with Gasteiger partial charge in [0.25, 0.3) is 0 Å². The molecular weight excluding hydrogens is 382 g/mol. The monoisotopic (exact) mass is 401 g/mol. The Morgan fingerprint density at radius 2 is 2.11 bits per heavy atom. The van der Waals surface area contributed by atoms with Gasteiger partial charge in [0, 0.05) is 23.8 Å². The molecule has 3 rings (SSSR count). The van der Waals surface area contributed by atoms with Gasteiger partial charge in [-0.1, -0.05) is 23.7 Å². The van der Waals surface area contributed by atoms with Gasteiger partial charge in [-0.25, -0.2) is 9.48 Å². The van der Waals surface area contributed by atoms with Gasteiger partial charge in [-0.2, -0.15) is 0 Å². The van der Waals surface area contributed by atoms with Crippen LogP contribution >= 0.6 is 11.6 Å². The second-order valence-corrected chi connectivity index (χ2v) is 6.75. The molecule has 0 aliphatic carbocycles. The largest absolute Gasteiger partial charge is 0.412 e. The van der Waals surface area contributed by atoms with Gasteiger partial charge in [0.15, 0.2) is 0 Å². The fourth-order valence-electron chi connectivity index (χ4n) is 2.69. The van der Waals surface area contributed by atoms with Crippen molar-refractivity contribution < 1.29 is 14.3 Å². The summed E-state index contributed by atoms with van der Waals surface area (Å²) in [5, 5.41) is 14.5. The van der Waals surface area contributed by atoms with Crippen LogP contribution < -0.4 is 10.1 Å². The van der Waals surface area contributed by atoms with E-state index in [-0.39, 0.29) is 6.04 Å². The predicted molar refractivity (Wildman–Crippen MR) is 105 cm³/mol. The zero-order chi connectivity index (χ0) is 20.1. The predicted octanol–water partition coefficient (Wildman–Crippen LogP) is 3.41. The third-order valence-electron chi connectivity index (χ3n) is 3.93. The molecule has 2 aromatic carbocycles. The summed E-state index contributed by atoms with van der Waals surface area (Å²) in [4.78, 5) is 12.2. The summed E-state index contributed by atoms with van der Waals surface area (Å²) in [6.45, 7) is 4.16. The molecule has 1 aromatic heterocycles. The van der Waals surface area contributed by atoms with E-state index in [0.29, 0.717) is 23.1 Å². The first-order valence-corrected chi connectivity index (χ1v) is 8.96. The molecule has 0 aliphatic heterocycles. The minimum atomic E-state index is -0.584. The number of ether oxygens (including phenoxy) is 2. The van der Waals surface area contributed by atoms with Crippen molar-refractivity contribution in [3.8, 4) is 22.6 Å². The van der Waals surface area contributed by atoms with Crippen LogP contribution in [-0.2, 0) is 4.74 Å². The summed E-state index contributed by atoms with van der Waals surface area (Å²) in [6, 6.07) is 10.8. The van der Waals surface area contributed by atoms with E-state index < -0.39 is 6.09 Å². The maximum absolute atomic E-state index is 12.2. The maximum Gasteiger partial charge on any atom is 0.412 e. The van der Waals surface area contributed by atoms with E-state index in [9.17, 15) is 4.79 Å². The fourth-order valence-corrected chi connectivity index (χ4v) is 3.04. The van der Waals surface area contributed by atoms with Gasteiger partial charge in [-0.3, -0.25) is 0 Å². The highest BCUT2D eigenvalue weighted by Crippen LogP contribution is 2.33. The van der Waals surface area contributed by atoms with E-state index in [2.05, 4.69) is 20.8 Å². The lowest BCUT2D eigenvalue weighted by Gasteiger charge is -2.14. The number of amides is 1. The van der Waals surface area contributed by atoms with Gasteiger partial charge >= 0.3 is 6.09 Å². The van der Waals surface area contributed by atoms with E-state index in [4.69, 9.17) is 21.1 Å². The molecular formula is C19H20ClN5O3. The molecule has 0 radical (unpaired) electrons. The van der Waals surface area contributed by atoms with E-state index in [1.807, 2.05) is 38.1 Å². The molecule has 146 valence electrons. The van der Waals surface area contributed by atoms with Crippen molar-refractivity contribution in [3.05, 3.63) is 53.3 Å². The molecule has 1 unspecified atom stereocenters. The summed E-state index contributed by atoms with van der Waals surface area (Å²) in [6.07, 6.45) is 0.875. The highest BCUT2D eigenvalue weighted by atomic mass is 35.5. The van der Waals surface area contributed by atoms with Crippen molar-refractivity contribution in [1.29, 1.82) is 0 Å². The summed E-state index contributed by atoms with van der Waals surface area (Å²) < 4.78 is 12.0. The lowest BCUT2D eigenvalue weighted by atomic mass is 10.0. The molecule has 1 amide bonds. The Morgan fingerprint density at radius 1 is 1.29 bits per heavy atom. The number of hydrogen-bond acceptors (Lipinski definition) is 6. The molecule has 0 fully saturated rings. The molecule has 9 heteroatoms. The zero-order valence-electron chi connectivity index (χ0n) is 15.7. The minimum Gasteiger partial charge on any atom is -0.410 e.